The van der Waals surface area contributed by atoms with Gasteiger partial charge in [0.15, 0.2) is 0 Å². The van der Waals surface area contributed by atoms with E-state index in [0.717, 1.165) is 21.6 Å². The summed E-state index contributed by atoms with van der Waals surface area (Å²) in [5.41, 5.74) is 22.2. The molecule has 1 aromatic carbocycles. The molecule has 404 valence electrons. The molecule has 1 aromatic rings. The van der Waals surface area contributed by atoms with Gasteiger partial charge >= 0.3 is 6.03 Å². The van der Waals surface area contributed by atoms with Crippen molar-refractivity contribution in [2.75, 3.05) is 31.7 Å². The molecule has 0 spiro atoms. The molecule has 0 saturated carbocycles. The van der Waals surface area contributed by atoms with Gasteiger partial charge in [0.05, 0.1) is 20.1 Å². The molecule has 2 aliphatic heterocycles. The predicted molar refractivity (Wildman–Crippen MR) is 268 cm³/mol. The third kappa shape index (κ3) is 19.9. The van der Waals surface area contributed by atoms with E-state index in [1.165, 1.54) is 12.0 Å². The molecule has 0 radical (unpaired) electrons. The quantitative estimate of drug-likeness (QED) is 0.0596. The van der Waals surface area contributed by atoms with E-state index in [-0.39, 0.29) is 43.2 Å². The molecule has 0 aromatic heterocycles. The topological polar surface area (TPSA) is 418 Å². The number of nitrogens with two attached hydrogens (primary N) is 4. The number of ether oxygens (including phenoxy) is 1. The van der Waals surface area contributed by atoms with E-state index < -0.39 is 151 Å². The summed E-state index contributed by atoms with van der Waals surface area (Å²) in [5.74, 6) is -10.5. The first-order valence-corrected chi connectivity index (χ1v) is 26.1. The highest BCUT2D eigenvalue weighted by Crippen LogP contribution is 2.26. The minimum Gasteiger partial charge on any atom is -0.497 e. The number of primary amides is 4. The highest BCUT2D eigenvalue weighted by atomic mass is 33.1. The Balaban J connectivity index is 2.12. The van der Waals surface area contributed by atoms with Gasteiger partial charge in [-0.1, -0.05) is 67.8 Å². The van der Waals surface area contributed by atoms with Crippen molar-refractivity contribution in [2.45, 2.75) is 127 Å². The van der Waals surface area contributed by atoms with E-state index in [9.17, 15) is 57.5 Å². The van der Waals surface area contributed by atoms with Crippen LogP contribution in [0.25, 0.3) is 0 Å². The van der Waals surface area contributed by atoms with Crippen LogP contribution in [0.3, 0.4) is 0 Å². The molecule has 3 rings (SSSR count). The first-order chi connectivity index (χ1) is 34.4. The Labute approximate surface area is 430 Å². The summed E-state index contributed by atoms with van der Waals surface area (Å²) in [4.78, 5) is 162. The van der Waals surface area contributed by atoms with E-state index in [4.69, 9.17) is 27.7 Å². The van der Waals surface area contributed by atoms with Crippen molar-refractivity contribution in [2.24, 2.45) is 34.8 Å². The monoisotopic (exact) mass is 1060 g/mol. The molecule has 0 unspecified atom stereocenters. The maximum atomic E-state index is 14.6. The molecule has 2 saturated heterocycles. The summed E-state index contributed by atoms with van der Waals surface area (Å²) >= 11 is 0. The summed E-state index contributed by atoms with van der Waals surface area (Å²) in [5, 5.41) is 20.2. The van der Waals surface area contributed by atoms with Crippen molar-refractivity contribution in [3.63, 3.8) is 0 Å². The van der Waals surface area contributed by atoms with Gasteiger partial charge in [-0.25, -0.2) is 4.79 Å². The van der Waals surface area contributed by atoms with Gasteiger partial charge in [-0.15, -0.1) is 0 Å². The van der Waals surface area contributed by atoms with Crippen LogP contribution in [0.4, 0.5) is 4.79 Å². The van der Waals surface area contributed by atoms with E-state index in [0.29, 0.717) is 24.2 Å². The Morgan fingerprint density at radius 3 is 1.97 bits per heavy atom. The minimum absolute atomic E-state index is 0.0141. The summed E-state index contributed by atoms with van der Waals surface area (Å²) in [6.45, 7) is 6.50. The van der Waals surface area contributed by atoms with Crippen LogP contribution < -0.4 is 70.2 Å². The molecular weight excluding hydrogens is 995 g/mol. The van der Waals surface area contributed by atoms with Crippen LogP contribution >= 0.6 is 21.6 Å². The van der Waals surface area contributed by atoms with Crippen LogP contribution in [-0.4, -0.2) is 156 Å². The molecule has 9 atom stereocenters. The number of likely N-dealkylation sites (tertiary alicyclic amines) is 1. The molecule has 16 N–H and O–H groups in total. The Morgan fingerprint density at radius 2 is 1.38 bits per heavy atom. The van der Waals surface area contributed by atoms with Crippen molar-refractivity contribution in [3.05, 3.63) is 29.8 Å². The zero-order valence-corrected chi connectivity index (χ0v) is 43.1. The van der Waals surface area contributed by atoms with E-state index in [2.05, 4.69) is 42.5 Å². The molecule has 2 heterocycles. The number of carbonyl (C=O) groups excluding carboxylic acids is 12. The lowest BCUT2D eigenvalue weighted by Crippen LogP contribution is -2.62. The normalized spacial score (nSPS) is 23.5. The highest BCUT2D eigenvalue weighted by molar-refractivity contribution is 8.76. The second-order valence-corrected chi connectivity index (χ2v) is 20.6. The Bertz CT molecular complexity index is 2190. The van der Waals surface area contributed by atoms with Crippen LogP contribution in [0.5, 0.6) is 5.75 Å². The SMILES string of the molecule is CC[C@H](C)[C@@H]1NC(=O)[C@@H](Cc2ccc(OC)cc2)NC(=O)[C@H](NC(N)=O)CSSC[C@@H](C(=O)N2CCC[C@@H]2C(=O)N[C@@H](CC(C)C)C(=O)NCC(N)=O)NC(=O)[C@H](CC(N)=O)NC(=O)[C@@H](CCC(N)=O)NC1=O. The lowest BCUT2D eigenvalue weighted by Gasteiger charge is -2.31. The first kappa shape index (κ1) is 60.5. The van der Waals surface area contributed by atoms with Crippen LogP contribution in [0, 0.1) is 11.8 Å². The molecular formula is C45H69N13O13S2. The fourth-order valence-corrected chi connectivity index (χ4v) is 10.1. The third-order valence-corrected chi connectivity index (χ3v) is 14.2. The molecule has 2 aliphatic rings. The van der Waals surface area contributed by atoms with Crippen LogP contribution in [-0.2, 0) is 59.2 Å². The number of rotatable bonds is 19. The number of methoxy groups -OCH3 is 1. The van der Waals surface area contributed by atoms with Crippen molar-refractivity contribution >= 4 is 92.6 Å². The van der Waals surface area contributed by atoms with Gasteiger partial charge in [-0.05, 0) is 55.2 Å². The average Bonchev–Trinajstić information content (AvgIpc) is 3.83. The third-order valence-electron chi connectivity index (χ3n) is 11.8. The summed E-state index contributed by atoms with van der Waals surface area (Å²) in [6, 6.07) is -5.92. The van der Waals surface area contributed by atoms with Gasteiger partial charge in [-0.3, -0.25) is 52.7 Å². The minimum atomic E-state index is -1.79. The second kappa shape index (κ2) is 29.6. The van der Waals surface area contributed by atoms with Crippen molar-refractivity contribution in [3.8, 4) is 5.75 Å². The lowest BCUT2D eigenvalue weighted by molar-refractivity contribution is -0.142. The van der Waals surface area contributed by atoms with Gasteiger partial charge < -0.3 is 75.1 Å². The van der Waals surface area contributed by atoms with Crippen molar-refractivity contribution < 1.29 is 62.3 Å². The van der Waals surface area contributed by atoms with Gasteiger partial charge in [0.2, 0.25) is 65.0 Å². The largest absolute Gasteiger partial charge is 0.497 e. The zero-order valence-electron chi connectivity index (χ0n) is 41.4. The van der Waals surface area contributed by atoms with Crippen LogP contribution in [0.2, 0.25) is 0 Å². The standard InChI is InChI=1S/C45H69N13O13S2/c1-6-23(4)36-43(68)51-26(13-14-33(46)59)38(63)53-29(18-34(47)60)39(64)55-31(44(69)58-15-7-8-32(58)42(67)54-27(16-22(2)3)37(62)50-19-35(48)61)21-73-72-20-30(56-45(49)70)41(66)52-28(40(65)57-36)17-24-9-11-25(71-5)12-10-24/h9-12,22-23,26-32,36H,6-8,13-21H2,1-5H3,(H2,46,59)(H2,47,60)(H2,48,61)(H,50,62)(H,51,68)(H,52,66)(H,53,63)(H,54,67)(H,55,64)(H,57,65)(H3,49,56,70)/t23-,26+,27-,28+,29-,30+,31-,32+,36-/m0/s1. The zero-order chi connectivity index (χ0) is 54.5. The highest BCUT2D eigenvalue weighted by Gasteiger charge is 2.41. The van der Waals surface area contributed by atoms with Crippen LogP contribution in [0.1, 0.15) is 78.2 Å². The number of nitrogens with zero attached hydrogens (tertiary/aromatic N) is 1. The summed E-state index contributed by atoms with van der Waals surface area (Å²) < 4.78 is 5.25. The number of urea groups is 1. The van der Waals surface area contributed by atoms with Crippen LogP contribution in [0.15, 0.2) is 24.3 Å². The molecule has 0 bridgehead atoms. The summed E-state index contributed by atoms with van der Waals surface area (Å²) in [7, 11) is 3.35. The fourth-order valence-electron chi connectivity index (χ4n) is 7.74. The van der Waals surface area contributed by atoms with Gasteiger partial charge in [0, 0.05) is 30.9 Å². The number of benzene rings is 1. The maximum Gasteiger partial charge on any atom is 0.312 e. The first-order valence-electron chi connectivity index (χ1n) is 23.6. The van der Waals surface area contributed by atoms with Gasteiger partial charge in [-0.2, -0.15) is 0 Å². The van der Waals surface area contributed by atoms with E-state index >= 15 is 0 Å². The lowest BCUT2D eigenvalue weighted by atomic mass is 9.96. The predicted octanol–water partition coefficient (Wildman–Crippen LogP) is -3.60. The maximum absolute atomic E-state index is 14.6. The van der Waals surface area contributed by atoms with E-state index in [1.807, 2.05) is 0 Å². The molecule has 2 fully saturated rings. The molecule has 73 heavy (non-hydrogen) atoms. The Kier molecular flexibility index (Phi) is 24.5. The molecule has 0 aliphatic carbocycles. The number of amides is 13. The molecule has 13 amide bonds. The van der Waals surface area contributed by atoms with Crippen molar-refractivity contribution in [1.82, 2.24) is 47.4 Å². The smallest absolute Gasteiger partial charge is 0.312 e. The van der Waals surface area contributed by atoms with Gasteiger partial charge in [0.1, 0.15) is 54.1 Å². The number of hydrogen-bond donors (Lipinski definition) is 12. The number of nitrogens with one attached hydrogen (secondary N) is 8. The second-order valence-electron chi connectivity index (χ2n) is 18.0. The fraction of sp³-hybridized carbons (Fsp3) is 0.600. The Hall–Kier alpha value is -6.84. The van der Waals surface area contributed by atoms with E-state index in [1.54, 1.807) is 52.0 Å². The average molecular weight is 1060 g/mol. The summed E-state index contributed by atoms with van der Waals surface area (Å²) in [6.07, 6.45) is -0.898. The number of hydrogen-bond acceptors (Lipinski definition) is 15. The number of carbonyl (C=O) groups is 12. The molecule has 26 nitrogen and oxygen atoms in total. The Morgan fingerprint density at radius 1 is 0.767 bits per heavy atom. The van der Waals surface area contributed by atoms with Gasteiger partial charge in [0.25, 0.3) is 0 Å². The molecule has 28 heteroatoms. The van der Waals surface area contributed by atoms with Crippen molar-refractivity contribution in [1.29, 1.82) is 0 Å².